The second-order valence-electron chi connectivity index (χ2n) is 11.5. The first-order chi connectivity index (χ1) is 20.0. The number of likely N-dealkylation sites (N-methyl/N-ethyl adjacent to an activating group) is 2. The smallest absolute Gasteiger partial charge is 0.410 e. The summed E-state index contributed by atoms with van der Waals surface area (Å²) in [7, 11) is 1.73. The molecule has 0 atom stereocenters. The van der Waals surface area contributed by atoms with Gasteiger partial charge in [0.1, 0.15) is 11.4 Å². The van der Waals surface area contributed by atoms with E-state index in [0.717, 1.165) is 5.56 Å². The summed E-state index contributed by atoms with van der Waals surface area (Å²) in [5, 5.41) is 16.1. The highest BCUT2D eigenvalue weighted by Crippen LogP contribution is 2.37. The number of benzene rings is 2. The Kier molecular flexibility index (Phi) is 9.58. The fraction of sp³-hybridized carbons (Fsp3) is 0.484. The fourth-order valence-corrected chi connectivity index (χ4v) is 5.03. The van der Waals surface area contributed by atoms with Crippen molar-refractivity contribution < 1.29 is 23.9 Å². The molecule has 2 heterocycles. The Labute approximate surface area is 247 Å². The standard InChI is InChI=1S/C31H40N6O5/c1-6-35(30(40)42-31(2,3)4)13-12-33-27(38)20-36(26-16-22(17-32)15-23-11-14-41-29(23)26)21-28(39)34(5)37-18-24-9-7-8-10-25(24)19-37/h7-10,15-16H,6,11-14,18-21H2,1-5H3,(H,33,38). The molecule has 0 aliphatic carbocycles. The predicted molar refractivity (Wildman–Crippen MR) is 158 cm³/mol. The second kappa shape index (κ2) is 13.1. The van der Waals surface area contributed by atoms with Crippen LogP contribution in [-0.2, 0) is 33.8 Å². The Hall–Kier alpha value is -4.30. The molecule has 11 nitrogen and oxygen atoms in total. The summed E-state index contributed by atoms with van der Waals surface area (Å²) < 4.78 is 11.3. The van der Waals surface area contributed by atoms with Gasteiger partial charge in [-0.1, -0.05) is 24.3 Å². The molecule has 0 bridgehead atoms. The summed E-state index contributed by atoms with van der Waals surface area (Å²) in [5.41, 5.74) is 3.58. The van der Waals surface area contributed by atoms with Crippen LogP contribution in [0.3, 0.4) is 0 Å². The van der Waals surface area contributed by atoms with Crippen molar-refractivity contribution in [2.45, 2.75) is 52.8 Å². The number of hydrazine groups is 1. The zero-order valence-corrected chi connectivity index (χ0v) is 25.1. The molecule has 11 heteroatoms. The molecule has 0 fully saturated rings. The van der Waals surface area contributed by atoms with Crippen LogP contribution in [-0.4, -0.2) is 84.8 Å². The van der Waals surface area contributed by atoms with Crippen LogP contribution in [0.2, 0.25) is 0 Å². The first-order valence-corrected chi connectivity index (χ1v) is 14.3. The molecule has 0 saturated carbocycles. The van der Waals surface area contributed by atoms with Gasteiger partial charge in [-0.2, -0.15) is 5.26 Å². The van der Waals surface area contributed by atoms with Crippen molar-refractivity contribution in [3.05, 3.63) is 58.7 Å². The van der Waals surface area contributed by atoms with Crippen molar-refractivity contribution in [2.75, 3.05) is 51.3 Å². The van der Waals surface area contributed by atoms with E-state index in [1.54, 1.807) is 49.9 Å². The number of nitrogens with zero attached hydrogens (tertiary/aromatic N) is 5. The van der Waals surface area contributed by atoms with Gasteiger partial charge in [-0.3, -0.25) is 14.6 Å². The Morgan fingerprint density at radius 1 is 1.10 bits per heavy atom. The summed E-state index contributed by atoms with van der Waals surface area (Å²) >= 11 is 0. The van der Waals surface area contributed by atoms with E-state index in [9.17, 15) is 19.6 Å². The molecular weight excluding hydrogens is 536 g/mol. The molecule has 0 aromatic heterocycles. The van der Waals surface area contributed by atoms with Crippen LogP contribution in [0.15, 0.2) is 36.4 Å². The number of hydrogen-bond donors (Lipinski definition) is 1. The number of hydrogen-bond acceptors (Lipinski definition) is 8. The number of nitrogens with one attached hydrogen (secondary N) is 1. The summed E-state index contributed by atoms with van der Waals surface area (Å²) in [5.74, 6) is 0.0630. The third-order valence-electron chi connectivity index (χ3n) is 7.24. The first-order valence-electron chi connectivity index (χ1n) is 14.3. The topological polar surface area (TPSA) is 118 Å². The van der Waals surface area contributed by atoms with Gasteiger partial charge < -0.3 is 24.6 Å². The van der Waals surface area contributed by atoms with Crippen LogP contribution in [0.1, 0.15) is 49.9 Å². The Morgan fingerprint density at radius 3 is 2.40 bits per heavy atom. The highest BCUT2D eigenvalue weighted by atomic mass is 16.6. The van der Waals surface area contributed by atoms with Crippen molar-refractivity contribution in [3.8, 4) is 11.8 Å². The van der Waals surface area contributed by atoms with Crippen LogP contribution in [0.25, 0.3) is 0 Å². The van der Waals surface area contributed by atoms with Gasteiger partial charge in [0.05, 0.1) is 37.0 Å². The molecule has 2 aliphatic rings. The van der Waals surface area contributed by atoms with Crippen LogP contribution < -0.4 is 15.0 Å². The zero-order valence-electron chi connectivity index (χ0n) is 25.1. The summed E-state index contributed by atoms with van der Waals surface area (Å²) in [6.07, 6.45) is 0.203. The summed E-state index contributed by atoms with van der Waals surface area (Å²) in [6, 6.07) is 13.7. The average Bonchev–Trinajstić information content (AvgIpc) is 3.60. The van der Waals surface area contributed by atoms with Gasteiger partial charge in [0.2, 0.25) is 5.91 Å². The number of amides is 3. The fourth-order valence-electron chi connectivity index (χ4n) is 5.03. The Morgan fingerprint density at radius 2 is 1.79 bits per heavy atom. The molecule has 4 rings (SSSR count). The molecule has 0 unspecified atom stereocenters. The molecule has 2 aromatic rings. The molecule has 0 saturated heterocycles. The third-order valence-corrected chi connectivity index (χ3v) is 7.24. The lowest BCUT2D eigenvalue weighted by Crippen LogP contribution is -2.48. The molecule has 0 radical (unpaired) electrons. The van der Waals surface area contributed by atoms with E-state index in [2.05, 4.69) is 23.5 Å². The minimum atomic E-state index is -0.619. The van der Waals surface area contributed by atoms with Crippen molar-refractivity contribution in [3.63, 3.8) is 0 Å². The minimum Gasteiger partial charge on any atom is -0.491 e. The maximum absolute atomic E-state index is 13.6. The maximum atomic E-state index is 13.6. The van der Waals surface area contributed by atoms with E-state index < -0.39 is 11.7 Å². The number of fused-ring (bicyclic) bond motifs is 2. The van der Waals surface area contributed by atoms with Gasteiger partial charge in [0.25, 0.3) is 5.91 Å². The SMILES string of the molecule is CCN(CCNC(=O)CN(CC(=O)N(C)N1Cc2ccccc2C1)c1cc(C#N)cc2c1OCC2)C(=O)OC(C)(C)C. The van der Waals surface area contributed by atoms with Crippen LogP contribution in [0.4, 0.5) is 10.5 Å². The summed E-state index contributed by atoms with van der Waals surface area (Å²) in [6.45, 7) is 9.65. The molecule has 0 spiro atoms. The van der Waals surface area contributed by atoms with Crippen molar-refractivity contribution in [1.29, 1.82) is 5.26 Å². The number of ether oxygens (including phenoxy) is 2. The number of rotatable bonds is 10. The van der Waals surface area contributed by atoms with E-state index in [4.69, 9.17) is 9.47 Å². The lowest BCUT2D eigenvalue weighted by molar-refractivity contribution is -0.145. The highest BCUT2D eigenvalue weighted by molar-refractivity contribution is 5.87. The Bertz CT molecular complexity index is 1340. The molecular formula is C31H40N6O5. The highest BCUT2D eigenvalue weighted by Gasteiger charge is 2.29. The lowest BCUT2D eigenvalue weighted by atomic mass is 10.1. The molecule has 2 aliphatic heterocycles. The lowest BCUT2D eigenvalue weighted by Gasteiger charge is -2.32. The second-order valence-corrected chi connectivity index (χ2v) is 11.5. The largest absolute Gasteiger partial charge is 0.491 e. The van der Waals surface area contributed by atoms with E-state index >= 15 is 0 Å². The number of carbonyl (C=O) groups is 3. The third kappa shape index (κ3) is 7.50. The number of carbonyl (C=O) groups excluding carboxylic acids is 3. The molecule has 42 heavy (non-hydrogen) atoms. The monoisotopic (exact) mass is 576 g/mol. The maximum Gasteiger partial charge on any atom is 0.410 e. The Balaban J connectivity index is 1.46. The van der Waals surface area contributed by atoms with E-state index in [0.29, 0.717) is 49.7 Å². The van der Waals surface area contributed by atoms with Gasteiger partial charge in [-0.15, -0.1) is 0 Å². The summed E-state index contributed by atoms with van der Waals surface area (Å²) in [4.78, 5) is 42.4. The number of nitriles is 1. The van der Waals surface area contributed by atoms with Crippen molar-refractivity contribution in [1.82, 2.24) is 20.2 Å². The molecule has 224 valence electrons. The van der Waals surface area contributed by atoms with Gasteiger partial charge in [0.15, 0.2) is 0 Å². The molecule has 3 amide bonds. The van der Waals surface area contributed by atoms with Gasteiger partial charge in [-0.25, -0.2) is 9.80 Å². The normalized spacial score (nSPS) is 13.8. The average molecular weight is 577 g/mol. The predicted octanol–water partition coefficient (Wildman–Crippen LogP) is 3.06. The number of anilines is 1. The van der Waals surface area contributed by atoms with E-state index in [-0.39, 0.29) is 38.0 Å². The zero-order chi connectivity index (χ0) is 30.4. The van der Waals surface area contributed by atoms with Crippen molar-refractivity contribution >= 4 is 23.6 Å². The molecule has 1 N–H and O–H groups in total. The minimum absolute atomic E-state index is 0.0968. The quantitative estimate of drug-likeness (QED) is 0.459. The van der Waals surface area contributed by atoms with E-state index in [1.807, 2.05) is 24.1 Å². The van der Waals surface area contributed by atoms with Crippen LogP contribution >= 0.6 is 0 Å². The van der Waals surface area contributed by atoms with Gasteiger partial charge >= 0.3 is 6.09 Å². The first kappa shape index (κ1) is 30.7. The van der Waals surface area contributed by atoms with Gasteiger partial charge in [-0.05, 0) is 51.0 Å². The molecule has 2 aromatic carbocycles. The van der Waals surface area contributed by atoms with E-state index in [1.165, 1.54) is 16.0 Å². The van der Waals surface area contributed by atoms with Crippen LogP contribution in [0, 0.1) is 11.3 Å². The van der Waals surface area contributed by atoms with Gasteiger partial charge in [0, 0.05) is 51.8 Å². The van der Waals surface area contributed by atoms with Crippen LogP contribution in [0.5, 0.6) is 5.75 Å². The van der Waals surface area contributed by atoms with Crippen molar-refractivity contribution in [2.24, 2.45) is 0 Å².